The van der Waals surface area contributed by atoms with Crippen molar-refractivity contribution in [3.63, 3.8) is 0 Å². The summed E-state index contributed by atoms with van der Waals surface area (Å²) in [7, 11) is -4.94. The Balaban J connectivity index is 2.00. The van der Waals surface area contributed by atoms with Crippen LogP contribution in [0, 0.1) is 10.1 Å². The van der Waals surface area contributed by atoms with Gasteiger partial charge in [-0.2, -0.15) is 18.0 Å². The van der Waals surface area contributed by atoms with Crippen LogP contribution in [0.25, 0.3) is 5.70 Å². The lowest BCUT2D eigenvalue weighted by molar-refractivity contribution is -0.385. The fourth-order valence-corrected chi connectivity index (χ4v) is 3.50. The standard InChI is InChI=1S/C16H11ClF3N2O7P/c17-12-7-9(16(18,19)20)1-4-15(12)29-10-2-3-13(21(23)24)11(8-10)14-5-6-28-22(14)30(25,26)27/h1-5,7-8H,6H2,(H2,25,26,27). The van der Waals surface area contributed by atoms with E-state index in [2.05, 4.69) is 0 Å². The van der Waals surface area contributed by atoms with Crippen LogP contribution >= 0.6 is 19.3 Å². The highest BCUT2D eigenvalue weighted by atomic mass is 35.5. The molecule has 0 spiro atoms. The second kappa shape index (κ2) is 7.89. The van der Waals surface area contributed by atoms with E-state index in [1.54, 1.807) is 0 Å². The molecule has 0 fully saturated rings. The number of hydroxylamine groups is 1. The van der Waals surface area contributed by atoms with E-state index in [4.69, 9.17) is 21.2 Å². The molecular weight excluding hydrogens is 456 g/mol. The first-order valence-electron chi connectivity index (χ1n) is 7.90. The molecule has 0 bridgehead atoms. The van der Waals surface area contributed by atoms with Gasteiger partial charge in [0.2, 0.25) is 0 Å². The third kappa shape index (κ3) is 4.58. The Bertz CT molecular complexity index is 1090. The molecule has 160 valence electrons. The zero-order chi connectivity index (χ0) is 22.3. The minimum Gasteiger partial charge on any atom is -0.456 e. The quantitative estimate of drug-likeness (QED) is 0.368. The van der Waals surface area contributed by atoms with Crippen molar-refractivity contribution in [1.82, 2.24) is 4.83 Å². The fraction of sp³-hybridized carbons (Fsp3) is 0.125. The molecule has 0 unspecified atom stereocenters. The van der Waals surface area contributed by atoms with Crippen molar-refractivity contribution in [2.45, 2.75) is 6.18 Å². The number of benzene rings is 2. The van der Waals surface area contributed by atoms with E-state index in [-0.39, 0.29) is 39.2 Å². The predicted molar refractivity (Wildman–Crippen MR) is 97.4 cm³/mol. The minimum absolute atomic E-state index is 0.0734. The Kier molecular flexibility index (Phi) is 5.81. The Hall–Kier alpha value is -2.63. The van der Waals surface area contributed by atoms with Gasteiger partial charge in [-0.05, 0) is 36.4 Å². The van der Waals surface area contributed by atoms with E-state index in [1.807, 2.05) is 0 Å². The van der Waals surface area contributed by atoms with Crippen molar-refractivity contribution >= 4 is 30.7 Å². The number of hydrogen-bond donors (Lipinski definition) is 2. The first kappa shape index (κ1) is 22.1. The normalized spacial score (nSPS) is 14.6. The van der Waals surface area contributed by atoms with E-state index in [1.165, 1.54) is 6.08 Å². The van der Waals surface area contributed by atoms with Gasteiger partial charge in [0.05, 0.1) is 33.4 Å². The van der Waals surface area contributed by atoms with Crippen LogP contribution in [0.1, 0.15) is 11.1 Å². The highest BCUT2D eigenvalue weighted by molar-refractivity contribution is 7.49. The maximum Gasteiger partial charge on any atom is 0.453 e. The summed E-state index contributed by atoms with van der Waals surface area (Å²) in [5.74, 6) is -0.233. The van der Waals surface area contributed by atoms with Crippen LogP contribution < -0.4 is 4.74 Å². The van der Waals surface area contributed by atoms with Crippen LogP contribution in [-0.2, 0) is 15.6 Å². The molecule has 0 atom stereocenters. The predicted octanol–water partition coefficient (Wildman–Crippen LogP) is 4.74. The Morgan fingerprint density at radius 3 is 2.50 bits per heavy atom. The summed E-state index contributed by atoms with van der Waals surface area (Å²) in [6.07, 6.45) is -3.39. The molecule has 9 nitrogen and oxygen atoms in total. The van der Waals surface area contributed by atoms with Crippen LogP contribution in [0.4, 0.5) is 18.9 Å². The van der Waals surface area contributed by atoms with Crippen molar-refractivity contribution < 1.29 is 42.0 Å². The van der Waals surface area contributed by atoms with E-state index >= 15 is 0 Å². The smallest absolute Gasteiger partial charge is 0.453 e. The molecule has 1 heterocycles. The fourth-order valence-electron chi connectivity index (χ4n) is 2.59. The van der Waals surface area contributed by atoms with Gasteiger partial charge in [-0.25, -0.2) is 4.57 Å². The number of nitro groups is 1. The average Bonchev–Trinajstić information content (AvgIpc) is 3.12. The molecule has 0 aromatic heterocycles. The highest BCUT2D eigenvalue weighted by Gasteiger charge is 2.36. The van der Waals surface area contributed by atoms with Gasteiger partial charge in [0.15, 0.2) is 0 Å². The summed E-state index contributed by atoms with van der Waals surface area (Å²) in [6.45, 7) is -0.243. The van der Waals surface area contributed by atoms with Gasteiger partial charge < -0.3 is 14.5 Å². The third-order valence-electron chi connectivity index (χ3n) is 3.84. The summed E-state index contributed by atoms with van der Waals surface area (Å²) in [6, 6.07) is 5.65. The zero-order valence-corrected chi connectivity index (χ0v) is 16.2. The SMILES string of the molecule is O=[N+]([O-])c1ccc(Oc2ccc(C(F)(F)F)cc2Cl)cc1C1=CCON1P(=O)(O)O. The first-order chi connectivity index (χ1) is 13.9. The number of rotatable bonds is 5. The number of alkyl halides is 3. The maximum absolute atomic E-state index is 12.8. The number of ether oxygens (including phenoxy) is 1. The van der Waals surface area contributed by atoms with Gasteiger partial charge in [0.1, 0.15) is 11.5 Å². The molecule has 2 aromatic rings. The van der Waals surface area contributed by atoms with E-state index in [9.17, 15) is 37.6 Å². The van der Waals surface area contributed by atoms with Crippen LogP contribution in [0.3, 0.4) is 0 Å². The Labute approximate surface area is 171 Å². The lowest BCUT2D eigenvalue weighted by Gasteiger charge is -2.21. The first-order valence-corrected chi connectivity index (χ1v) is 9.85. The topological polar surface area (TPSA) is 122 Å². The molecule has 14 heteroatoms. The van der Waals surface area contributed by atoms with Crippen molar-refractivity contribution in [3.8, 4) is 11.5 Å². The largest absolute Gasteiger partial charge is 0.456 e. The van der Waals surface area contributed by atoms with E-state index < -0.39 is 30.1 Å². The second-order valence-electron chi connectivity index (χ2n) is 5.85. The van der Waals surface area contributed by atoms with Gasteiger partial charge in [0, 0.05) is 6.07 Å². The van der Waals surface area contributed by atoms with Crippen LogP contribution in [0.2, 0.25) is 5.02 Å². The van der Waals surface area contributed by atoms with Crippen LogP contribution in [-0.4, -0.2) is 26.2 Å². The highest BCUT2D eigenvalue weighted by Crippen LogP contribution is 2.50. The average molecular weight is 467 g/mol. The summed E-state index contributed by atoms with van der Waals surface area (Å²) in [4.78, 5) is 34.4. The summed E-state index contributed by atoms with van der Waals surface area (Å²) in [5, 5.41) is 11.0. The molecule has 0 saturated carbocycles. The van der Waals surface area contributed by atoms with E-state index in [0.29, 0.717) is 6.07 Å². The monoisotopic (exact) mass is 466 g/mol. The number of halogens is 4. The maximum atomic E-state index is 12.8. The summed E-state index contributed by atoms with van der Waals surface area (Å²) < 4.78 is 55.3. The molecule has 30 heavy (non-hydrogen) atoms. The number of hydrogen-bond acceptors (Lipinski definition) is 5. The van der Waals surface area contributed by atoms with Crippen molar-refractivity contribution in [3.05, 3.63) is 68.7 Å². The second-order valence-corrected chi connectivity index (χ2v) is 7.65. The van der Waals surface area contributed by atoms with E-state index in [0.717, 1.165) is 30.3 Å². The molecule has 0 radical (unpaired) electrons. The summed E-state index contributed by atoms with van der Waals surface area (Å²) >= 11 is 5.84. The van der Waals surface area contributed by atoms with Crippen molar-refractivity contribution in [2.75, 3.05) is 6.61 Å². The molecule has 3 rings (SSSR count). The lowest BCUT2D eigenvalue weighted by Crippen LogP contribution is -2.15. The molecule has 1 aliphatic heterocycles. The zero-order valence-electron chi connectivity index (χ0n) is 14.5. The van der Waals surface area contributed by atoms with Gasteiger partial charge in [-0.15, -0.1) is 0 Å². The van der Waals surface area contributed by atoms with Crippen LogP contribution in [0.15, 0.2) is 42.5 Å². The minimum atomic E-state index is -4.94. The molecule has 0 aliphatic carbocycles. The summed E-state index contributed by atoms with van der Waals surface area (Å²) in [5.41, 5.74) is -1.99. The van der Waals surface area contributed by atoms with Crippen LogP contribution in [0.5, 0.6) is 11.5 Å². The molecule has 2 N–H and O–H groups in total. The van der Waals surface area contributed by atoms with Gasteiger partial charge in [-0.3, -0.25) is 15.0 Å². The Morgan fingerprint density at radius 1 is 1.23 bits per heavy atom. The lowest BCUT2D eigenvalue weighted by atomic mass is 10.1. The number of nitro benzene ring substituents is 1. The molecule has 2 aromatic carbocycles. The van der Waals surface area contributed by atoms with Gasteiger partial charge in [-0.1, -0.05) is 11.6 Å². The molecule has 1 aliphatic rings. The van der Waals surface area contributed by atoms with Gasteiger partial charge >= 0.3 is 13.9 Å². The van der Waals surface area contributed by atoms with Crippen molar-refractivity contribution in [2.24, 2.45) is 0 Å². The Morgan fingerprint density at radius 2 is 1.93 bits per heavy atom. The number of nitrogens with zero attached hydrogens (tertiary/aromatic N) is 2. The van der Waals surface area contributed by atoms with Gasteiger partial charge in [0.25, 0.3) is 5.69 Å². The molecular formula is C16H11ClF3N2O7P. The van der Waals surface area contributed by atoms with Crippen molar-refractivity contribution in [1.29, 1.82) is 0 Å². The molecule has 0 amide bonds. The molecule has 0 saturated heterocycles. The third-order valence-corrected chi connectivity index (χ3v) is 4.94.